The molecule has 0 bridgehead atoms. The van der Waals surface area contributed by atoms with Crippen LogP contribution in [0.5, 0.6) is 0 Å². The van der Waals surface area contributed by atoms with Crippen LogP contribution >= 0.6 is 11.8 Å². The molecule has 0 unspecified atom stereocenters. The summed E-state index contributed by atoms with van der Waals surface area (Å²) in [7, 11) is 0. The predicted molar refractivity (Wildman–Crippen MR) is 81.7 cm³/mol. The van der Waals surface area contributed by atoms with E-state index in [1.165, 1.54) is 11.8 Å². The van der Waals surface area contributed by atoms with E-state index in [9.17, 15) is 14.4 Å². The summed E-state index contributed by atoms with van der Waals surface area (Å²) >= 11 is 1.25. The molecule has 22 heavy (non-hydrogen) atoms. The van der Waals surface area contributed by atoms with Crippen molar-refractivity contribution in [1.29, 1.82) is 0 Å². The fourth-order valence-electron chi connectivity index (χ4n) is 2.73. The Bertz CT molecular complexity index is 626. The number of piperidine rings is 1. The van der Waals surface area contributed by atoms with Gasteiger partial charge in [-0.05, 0) is 25.0 Å². The highest BCUT2D eigenvalue weighted by molar-refractivity contribution is 8.01. The number of hydrogen-bond donors (Lipinski definition) is 2. The molecule has 1 aromatic rings. The first-order valence-electron chi connectivity index (χ1n) is 7.14. The van der Waals surface area contributed by atoms with Gasteiger partial charge in [-0.25, -0.2) is 0 Å². The molecule has 6 nitrogen and oxygen atoms in total. The summed E-state index contributed by atoms with van der Waals surface area (Å²) < 4.78 is 0. The van der Waals surface area contributed by atoms with Crippen molar-refractivity contribution in [3.8, 4) is 0 Å². The smallest absolute Gasteiger partial charge is 0.306 e. The van der Waals surface area contributed by atoms with Crippen molar-refractivity contribution in [2.45, 2.75) is 23.0 Å². The van der Waals surface area contributed by atoms with Gasteiger partial charge in [-0.2, -0.15) is 0 Å². The van der Waals surface area contributed by atoms with Crippen LogP contribution in [-0.2, 0) is 14.4 Å². The zero-order chi connectivity index (χ0) is 15.7. The number of likely N-dealkylation sites (tertiary alicyclic amines) is 1. The minimum Gasteiger partial charge on any atom is -0.481 e. The number of amides is 2. The minimum atomic E-state index is -0.814. The van der Waals surface area contributed by atoms with E-state index in [-0.39, 0.29) is 11.8 Å². The lowest BCUT2D eigenvalue weighted by Gasteiger charge is -2.33. The number of benzene rings is 1. The number of thioether (sulfide) groups is 1. The third-order valence-electron chi connectivity index (χ3n) is 4.01. The standard InChI is InChI=1S/C15H16N2O4S/c18-13-12(22-11-4-2-1-3-10(11)16-13)14(19)17-7-5-9(6-8-17)15(20)21/h1-4,9,12H,5-8H2,(H,16,18)(H,20,21)/t12-/m0/s1. The van der Waals surface area contributed by atoms with Gasteiger partial charge in [0.15, 0.2) is 5.25 Å². The molecule has 0 radical (unpaired) electrons. The number of carbonyl (C=O) groups excluding carboxylic acids is 2. The Hall–Kier alpha value is -2.02. The van der Waals surface area contributed by atoms with Crippen LogP contribution in [0.1, 0.15) is 12.8 Å². The number of nitrogens with zero attached hydrogens (tertiary/aromatic N) is 1. The molecule has 1 saturated heterocycles. The Morgan fingerprint density at radius 1 is 1.23 bits per heavy atom. The van der Waals surface area contributed by atoms with E-state index in [0.29, 0.717) is 25.9 Å². The van der Waals surface area contributed by atoms with Crippen molar-refractivity contribution in [3.05, 3.63) is 24.3 Å². The molecule has 2 aliphatic rings. The van der Waals surface area contributed by atoms with Gasteiger partial charge in [-0.3, -0.25) is 14.4 Å². The number of hydrogen-bond acceptors (Lipinski definition) is 4. The number of carboxylic acid groups (broad SMARTS) is 1. The second kappa shape index (κ2) is 6.00. The highest BCUT2D eigenvalue weighted by atomic mass is 32.2. The molecule has 2 amide bonds. The summed E-state index contributed by atoms with van der Waals surface area (Å²) in [5, 5.41) is 11.0. The van der Waals surface area contributed by atoms with Crippen molar-refractivity contribution in [2.24, 2.45) is 5.92 Å². The first-order valence-corrected chi connectivity index (χ1v) is 8.02. The third-order valence-corrected chi connectivity index (χ3v) is 5.27. The van der Waals surface area contributed by atoms with Crippen molar-refractivity contribution >= 4 is 35.2 Å². The van der Waals surface area contributed by atoms with E-state index >= 15 is 0 Å². The second-order valence-electron chi connectivity index (χ2n) is 5.42. The van der Waals surface area contributed by atoms with Crippen LogP contribution < -0.4 is 5.32 Å². The second-order valence-corrected chi connectivity index (χ2v) is 6.57. The Kier molecular flexibility index (Phi) is 4.06. The van der Waals surface area contributed by atoms with Crippen molar-refractivity contribution < 1.29 is 19.5 Å². The van der Waals surface area contributed by atoms with Crippen LogP contribution in [0.25, 0.3) is 0 Å². The van der Waals surface area contributed by atoms with Gasteiger partial charge in [-0.1, -0.05) is 12.1 Å². The average molecular weight is 320 g/mol. The lowest BCUT2D eigenvalue weighted by molar-refractivity contribution is -0.146. The molecule has 0 aromatic heterocycles. The van der Waals surface area contributed by atoms with Gasteiger partial charge < -0.3 is 15.3 Å². The molecule has 0 saturated carbocycles. The van der Waals surface area contributed by atoms with Gasteiger partial charge in [0.2, 0.25) is 11.8 Å². The summed E-state index contributed by atoms with van der Waals surface area (Å²) in [5.74, 6) is -1.75. The summed E-state index contributed by atoms with van der Waals surface area (Å²) in [6.07, 6.45) is 0.882. The van der Waals surface area contributed by atoms with E-state index in [1.807, 2.05) is 18.2 Å². The highest BCUT2D eigenvalue weighted by Gasteiger charge is 2.37. The average Bonchev–Trinajstić information content (AvgIpc) is 2.53. The molecule has 0 aliphatic carbocycles. The molecule has 2 aliphatic heterocycles. The van der Waals surface area contributed by atoms with Crippen molar-refractivity contribution in [2.75, 3.05) is 18.4 Å². The zero-order valence-electron chi connectivity index (χ0n) is 11.8. The zero-order valence-corrected chi connectivity index (χ0v) is 12.6. The van der Waals surface area contributed by atoms with Gasteiger partial charge >= 0.3 is 5.97 Å². The molecule has 1 atom stereocenters. The van der Waals surface area contributed by atoms with Crippen LogP contribution in [0.2, 0.25) is 0 Å². The van der Waals surface area contributed by atoms with Gasteiger partial charge in [0.1, 0.15) is 0 Å². The van der Waals surface area contributed by atoms with E-state index in [0.717, 1.165) is 10.6 Å². The molecule has 116 valence electrons. The normalized spacial score (nSPS) is 21.9. The number of carbonyl (C=O) groups is 3. The van der Waals surface area contributed by atoms with Crippen molar-refractivity contribution in [3.63, 3.8) is 0 Å². The van der Waals surface area contributed by atoms with E-state index in [1.54, 1.807) is 11.0 Å². The topological polar surface area (TPSA) is 86.7 Å². The number of rotatable bonds is 2. The number of carboxylic acids is 1. The maximum atomic E-state index is 12.5. The maximum absolute atomic E-state index is 12.5. The van der Waals surface area contributed by atoms with Crippen LogP contribution in [-0.4, -0.2) is 46.1 Å². The molecular weight excluding hydrogens is 304 g/mol. The van der Waals surface area contributed by atoms with Gasteiger partial charge in [0, 0.05) is 18.0 Å². The van der Waals surface area contributed by atoms with Gasteiger partial charge in [-0.15, -0.1) is 11.8 Å². The minimum absolute atomic E-state index is 0.235. The number of anilines is 1. The number of aliphatic carboxylic acids is 1. The third kappa shape index (κ3) is 2.81. The largest absolute Gasteiger partial charge is 0.481 e. The fraction of sp³-hybridized carbons (Fsp3) is 0.400. The van der Waals surface area contributed by atoms with E-state index < -0.39 is 17.1 Å². The SMILES string of the molecule is O=C(O)C1CCN(C(=O)[C@H]2Sc3ccccc3NC2=O)CC1. The number of para-hydroxylation sites is 1. The molecule has 2 heterocycles. The summed E-state index contributed by atoms with van der Waals surface area (Å²) in [6, 6.07) is 7.37. The monoisotopic (exact) mass is 320 g/mol. The van der Waals surface area contributed by atoms with Crippen LogP contribution in [0.4, 0.5) is 5.69 Å². The lowest BCUT2D eigenvalue weighted by atomic mass is 9.97. The molecule has 7 heteroatoms. The Morgan fingerprint density at radius 2 is 1.91 bits per heavy atom. The molecule has 3 rings (SSSR count). The number of nitrogens with one attached hydrogen (secondary N) is 1. The summed E-state index contributed by atoms with van der Waals surface area (Å²) in [5.41, 5.74) is 0.728. The first-order chi connectivity index (χ1) is 10.6. The predicted octanol–water partition coefficient (Wildman–Crippen LogP) is 1.42. The first kappa shape index (κ1) is 14.9. The Morgan fingerprint density at radius 3 is 2.59 bits per heavy atom. The lowest BCUT2D eigenvalue weighted by Crippen LogP contribution is -2.48. The number of fused-ring (bicyclic) bond motifs is 1. The molecule has 0 spiro atoms. The molecular formula is C15H16N2O4S. The van der Waals surface area contributed by atoms with Gasteiger partial charge in [0.05, 0.1) is 11.6 Å². The van der Waals surface area contributed by atoms with Crippen LogP contribution in [0.15, 0.2) is 29.2 Å². The Balaban J connectivity index is 1.69. The summed E-state index contributed by atoms with van der Waals surface area (Å²) in [4.78, 5) is 38.1. The van der Waals surface area contributed by atoms with Crippen molar-refractivity contribution in [1.82, 2.24) is 4.90 Å². The quantitative estimate of drug-likeness (QED) is 0.805. The highest BCUT2D eigenvalue weighted by Crippen LogP contribution is 2.36. The van der Waals surface area contributed by atoms with E-state index in [4.69, 9.17) is 5.11 Å². The molecule has 1 aromatic carbocycles. The summed E-state index contributed by atoms with van der Waals surface area (Å²) in [6.45, 7) is 0.781. The van der Waals surface area contributed by atoms with Crippen LogP contribution in [0.3, 0.4) is 0 Å². The molecule has 2 N–H and O–H groups in total. The molecule has 1 fully saturated rings. The maximum Gasteiger partial charge on any atom is 0.306 e. The van der Waals surface area contributed by atoms with Gasteiger partial charge in [0.25, 0.3) is 0 Å². The van der Waals surface area contributed by atoms with E-state index in [2.05, 4.69) is 5.32 Å². The van der Waals surface area contributed by atoms with Crippen LogP contribution in [0, 0.1) is 5.92 Å². The Labute approximate surface area is 131 Å². The fourth-order valence-corrected chi connectivity index (χ4v) is 3.80.